The van der Waals surface area contributed by atoms with Gasteiger partial charge in [-0.05, 0) is 197 Å². The minimum absolute atomic E-state index is 0.672. The van der Waals surface area contributed by atoms with Crippen molar-refractivity contribution >= 4 is 120 Å². The van der Waals surface area contributed by atoms with Gasteiger partial charge in [-0.15, -0.1) is 0 Å². The number of hydrogen-bond acceptors (Lipinski definition) is 2. The van der Waals surface area contributed by atoms with E-state index >= 15 is 0 Å². The van der Waals surface area contributed by atoms with Crippen LogP contribution in [0.3, 0.4) is 0 Å². The van der Waals surface area contributed by atoms with Gasteiger partial charge in [0.05, 0.1) is 66.4 Å². The third kappa shape index (κ3) is 9.18. The molecule has 7 heteroatoms. The number of hydrogen-bond donors (Lipinski definition) is 0. The molecule has 0 saturated heterocycles. The van der Waals surface area contributed by atoms with Gasteiger partial charge in [0, 0.05) is 98.8 Å². The average Bonchev–Trinajstić information content (AvgIpc) is 1.60. The summed E-state index contributed by atoms with van der Waals surface area (Å²) in [6, 6.07) is 135. The predicted octanol–water partition coefficient (Wildman–Crippen LogP) is 25.5. The van der Waals surface area contributed by atoms with E-state index in [9.17, 15) is 0 Å². The van der Waals surface area contributed by atoms with Crippen molar-refractivity contribution in [3.63, 3.8) is 0 Å². The largest absolute Gasteiger partial charge is 0.309 e. The van der Waals surface area contributed by atoms with Crippen molar-refractivity contribution in [2.45, 2.75) is 0 Å². The quantitative estimate of drug-likeness (QED) is 0.137. The highest BCUT2D eigenvalue weighted by Crippen LogP contribution is 2.45. The lowest BCUT2D eigenvalue weighted by Crippen LogP contribution is -1.99. The lowest BCUT2D eigenvalue weighted by atomic mass is 9.98. The molecule has 0 spiro atoms. The van der Waals surface area contributed by atoms with Crippen LogP contribution in [0, 0.1) is 0 Å². The number of fused-ring (bicyclic) bond motifs is 16. The normalized spacial score (nSPS) is 12.0. The molecule has 0 atom stereocenters. The van der Waals surface area contributed by atoms with Gasteiger partial charge >= 0.3 is 0 Å². The second kappa shape index (κ2) is 23.2. The zero-order valence-corrected chi connectivity index (χ0v) is 56.8. The Morgan fingerprint density at radius 2 is 0.429 bits per heavy atom. The third-order valence-electron chi connectivity index (χ3n) is 21.8. The highest BCUT2D eigenvalue weighted by Gasteiger charge is 2.23. The maximum atomic E-state index is 5.61. The molecule has 0 aliphatic carbocycles. The minimum atomic E-state index is 0.672. The summed E-state index contributed by atoms with van der Waals surface area (Å²) in [5, 5.41) is 13.0. The Labute approximate surface area is 603 Å². The van der Waals surface area contributed by atoms with E-state index in [1.54, 1.807) is 0 Å². The number of nitrogens with zero attached hydrogens (tertiary/aromatic N) is 7. The Hall–Kier alpha value is -14.1. The van der Waals surface area contributed by atoms with Gasteiger partial charge < -0.3 is 22.8 Å². The van der Waals surface area contributed by atoms with Gasteiger partial charge in [-0.25, -0.2) is 9.97 Å². The van der Waals surface area contributed by atoms with Crippen LogP contribution in [-0.2, 0) is 0 Å². The van der Waals surface area contributed by atoms with Crippen LogP contribution in [0.5, 0.6) is 0 Å². The summed E-state index contributed by atoms with van der Waals surface area (Å²) in [6.07, 6.45) is 0. The summed E-state index contributed by atoms with van der Waals surface area (Å²) in [5.74, 6) is 0.672. The highest BCUT2D eigenvalue weighted by molar-refractivity contribution is 6.17. The summed E-state index contributed by atoms with van der Waals surface area (Å²) in [4.78, 5) is 11.0. The number of aromatic nitrogens is 7. The Morgan fingerprint density at radius 1 is 0.152 bits per heavy atom. The zero-order valence-electron chi connectivity index (χ0n) is 56.8. The van der Waals surface area contributed by atoms with Crippen LogP contribution in [0.1, 0.15) is 0 Å². The van der Waals surface area contributed by atoms with Crippen molar-refractivity contribution in [2.75, 3.05) is 0 Å². The van der Waals surface area contributed by atoms with Crippen molar-refractivity contribution < 1.29 is 0 Å². The number of rotatable bonds is 10. The maximum absolute atomic E-state index is 5.61. The first kappa shape index (κ1) is 58.6. The molecule has 6 heterocycles. The minimum Gasteiger partial charge on any atom is -0.309 e. The third-order valence-corrected chi connectivity index (χ3v) is 21.8. The van der Waals surface area contributed by atoms with Crippen LogP contribution in [0.15, 0.2) is 370 Å². The molecule has 0 N–H and O–H groups in total. The molecule has 0 saturated carbocycles. The summed E-state index contributed by atoms with van der Waals surface area (Å²) in [6.45, 7) is 0. The summed E-state index contributed by atoms with van der Waals surface area (Å²) >= 11 is 0. The standard InChI is InChI=1S/C98H61N7/c1-5-22-62(23-6-1)98-99-86-47-46-74(105-90-39-20-16-35-78(90)82-58-64(43-51-94(82)105)63-40-48-91-79(55-63)75-32-13-17-36-87(75)101(91)70-25-7-2-8-26-70)61-85(86)97(100-98)69-24-21-31-73(54-69)104-95-52-44-67(65-41-49-92-80(56-65)76-33-14-18-37-88(76)102(92)71-27-9-3-10-28-71)59-83(95)84-60-68(45-53-96(84)104)66-42-50-93-81(57-66)77-34-15-19-38-89(77)103(93)72-29-11-4-12-30-72/h1-61H. The van der Waals surface area contributed by atoms with E-state index < -0.39 is 0 Å². The molecule has 0 aliphatic rings. The lowest BCUT2D eigenvalue weighted by Gasteiger charge is -2.15. The monoisotopic (exact) mass is 1340 g/mol. The molecule has 22 rings (SSSR count). The Morgan fingerprint density at radius 3 is 0.790 bits per heavy atom. The van der Waals surface area contributed by atoms with E-state index in [0.29, 0.717) is 5.82 Å². The van der Waals surface area contributed by atoms with Crippen molar-refractivity contribution in [1.82, 2.24) is 32.8 Å². The summed E-state index contributed by atoms with van der Waals surface area (Å²) in [7, 11) is 0. The molecule has 16 aromatic carbocycles. The molecule has 0 amide bonds. The molecule has 0 fully saturated rings. The highest BCUT2D eigenvalue weighted by atomic mass is 15.0. The molecule has 0 aliphatic heterocycles. The van der Waals surface area contributed by atoms with Crippen molar-refractivity contribution in [2.24, 2.45) is 0 Å². The van der Waals surface area contributed by atoms with Gasteiger partial charge in [0.25, 0.3) is 0 Å². The average molecular weight is 1340 g/mol. The molecule has 6 aromatic heterocycles. The SMILES string of the molecule is c1ccc(-c2nc(-c3cccc(-n4c5ccc(-c6ccc7c(c6)c6ccccc6n7-c6ccccc6)cc5c5cc(-c6ccc7c(c6)c6ccccc6n7-c6ccccc6)ccc54)c3)c3cc(-n4c5ccccc5c5cc(-c6ccc7c(c6)c6ccccc6n7-c6ccccc6)ccc54)ccc3n2)cc1. The first-order valence-electron chi connectivity index (χ1n) is 35.9. The lowest BCUT2D eigenvalue weighted by molar-refractivity contribution is 1.17. The molecule has 0 unspecified atom stereocenters. The zero-order chi connectivity index (χ0) is 68.8. The second-order valence-corrected chi connectivity index (χ2v) is 27.7. The van der Waals surface area contributed by atoms with Crippen molar-refractivity contribution in [1.29, 1.82) is 0 Å². The van der Waals surface area contributed by atoms with Gasteiger partial charge in [0.2, 0.25) is 0 Å². The van der Waals surface area contributed by atoms with Crippen molar-refractivity contribution in [3.8, 4) is 84.5 Å². The summed E-state index contributed by atoms with van der Waals surface area (Å²) in [5.41, 5.74) is 27.7. The molecule has 0 bridgehead atoms. The van der Waals surface area contributed by atoms with E-state index in [1.165, 1.54) is 98.1 Å². The topological polar surface area (TPSA) is 50.4 Å². The first-order chi connectivity index (χ1) is 52.1. The first-order valence-corrected chi connectivity index (χ1v) is 35.9. The molecule has 105 heavy (non-hydrogen) atoms. The van der Waals surface area contributed by atoms with Gasteiger partial charge in [-0.1, -0.05) is 206 Å². The van der Waals surface area contributed by atoms with E-state index in [1.807, 2.05) is 6.07 Å². The summed E-state index contributed by atoms with van der Waals surface area (Å²) < 4.78 is 12.0. The predicted molar refractivity (Wildman–Crippen MR) is 438 cm³/mol. The molecule has 0 radical (unpaired) electrons. The van der Waals surface area contributed by atoms with Crippen LogP contribution in [0.2, 0.25) is 0 Å². The van der Waals surface area contributed by atoms with E-state index in [2.05, 4.69) is 387 Å². The van der Waals surface area contributed by atoms with Crippen LogP contribution in [-0.4, -0.2) is 32.8 Å². The van der Waals surface area contributed by atoms with Crippen molar-refractivity contribution in [3.05, 3.63) is 370 Å². The molecular formula is C98H61N7. The second-order valence-electron chi connectivity index (χ2n) is 27.7. The smallest absolute Gasteiger partial charge is 0.160 e. The van der Waals surface area contributed by atoms with E-state index in [4.69, 9.17) is 9.97 Å². The number of para-hydroxylation sites is 7. The van der Waals surface area contributed by atoms with Crippen LogP contribution < -0.4 is 0 Å². The Kier molecular flexibility index (Phi) is 13.0. The van der Waals surface area contributed by atoms with E-state index in [-0.39, 0.29) is 0 Å². The van der Waals surface area contributed by atoms with Crippen LogP contribution in [0.4, 0.5) is 0 Å². The fourth-order valence-electron chi connectivity index (χ4n) is 17.1. The van der Waals surface area contributed by atoms with Crippen LogP contribution in [0.25, 0.3) is 204 Å². The molecule has 488 valence electrons. The fraction of sp³-hybridized carbons (Fsp3) is 0. The Bertz CT molecular complexity index is 7100. The number of benzene rings is 16. The van der Waals surface area contributed by atoms with Crippen LogP contribution >= 0.6 is 0 Å². The molecule has 7 nitrogen and oxygen atoms in total. The molecule has 22 aromatic rings. The van der Waals surface area contributed by atoms with E-state index in [0.717, 1.165) is 100 Å². The van der Waals surface area contributed by atoms with Gasteiger partial charge in [0.1, 0.15) is 0 Å². The van der Waals surface area contributed by atoms with Gasteiger partial charge in [-0.3, -0.25) is 0 Å². The fourth-order valence-corrected chi connectivity index (χ4v) is 17.1. The maximum Gasteiger partial charge on any atom is 0.160 e. The van der Waals surface area contributed by atoms with Gasteiger partial charge in [-0.2, -0.15) is 0 Å². The Balaban J connectivity index is 0.706. The molecular weight excluding hydrogens is 1280 g/mol. The van der Waals surface area contributed by atoms with Gasteiger partial charge in [0.15, 0.2) is 5.82 Å².